The Kier molecular flexibility index (Phi) is 5.72. The van der Waals surface area contributed by atoms with Gasteiger partial charge in [-0.1, -0.05) is 29.8 Å². The summed E-state index contributed by atoms with van der Waals surface area (Å²) in [5.74, 6) is 0.147. The van der Waals surface area contributed by atoms with Gasteiger partial charge in [0.1, 0.15) is 0 Å². The number of sulfone groups is 1. The topological polar surface area (TPSA) is 76.4 Å². The molecule has 0 unspecified atom stereocenters. The fourth-order valence-electron chi connectivity index (χ4n) is 3.30. The number of carbonyl (C=O) groups excluding carboxylic acids is 1. The van der Waals surface area contributed by atoms with Crippen LogP contribution in [0.25, 0.3) is 0 Å². The molecule has 1 N–H and O–H groups in total. The maximum absolute atomic E-state index is 12.9. The molecule has 1 aromatic heterocycles. The van der Waals surface area contributed by atoms with Crippen LogP contribution in [-0.4, -0.2) is 20.1 Å². The van der Waals surface area contributed by atoms with Crippen molar-refractivity contribution >= 4 is 39.1 Å². The van der Waals surface area contributed by atoms with Crippen LogP contribution in [0.5, 0.6) is 0 Å². The lowest BCUT2D eigenvalue weighted by Gasteiger charge is -2.26. The summed E-state index contributed by atoms with van der Waals surface area (Å²) in [4.78, 5) is 14.2. The summed E-state index contributed by atoms with van der Waals surface area (Å²) < 4.78 is 30.7. The van der Waals surface area contributed by atoms with E-state index in [4.69, 9.17) is 16.0 Å². The molecule has 0 saturated heterocycles. The minimum absolute atomic E-state index is 0.0197. The number of carbonyl (C=O) groups is 1. The van der Waals surface area contributed by atoms with Gasteiger partial charge in [0.25, 0.3) is 5.91 Å². The molecule has 29 heavy (non-hydrogen) atoms. The van der Waals surface area contributed by atoms with E-state index in [1.54, 1.807) is 30.0 Å². The van der Waals surface area contributed by atoms with E-state index in [1.807, 2.05) is 18.2 Å². The minimum Gasteiger partial charge on any atom is -0.459 e. The van der Waals surface area contributed by atoms with Crippen LogP contribution in [0.1, 0.15) is 34.1 Å². The summed E-state index contributed by atoms with van der Waals surface area (Å²) >= 11 is 7.85. The van der Waals surface area contributed by atoms with Gasteiger partial charge in [0, 0.05) is 21.2 Å². The van der Waals surface area contributed by atoms with Gasteiger partial charge in [0.15, 0.2) is 15.6 Å². The van der Waals surface area contributed by atoms with Crippen LogP contribution in [0.2, 0.25) is 5.02 Å². The second kappa shape index (κ2) is 8.26. The van der Waals surface area contributed by atoms with E-state index < -0.39 is 15.7 Å². The first-order valence-corrected chi connectivity index (χ1v) is 12.0. The van der Waals surface area contributed by atoms with Crippen molar-refractivity contribution in [3.8, 4) is 0 Å². The van der Waals surface area contributed by atoms with Gasteiger partial charge in [-0.15, -0.1) is 11.8 Å². The highest BCUT2D eigenvalue weighted by Gasteiger charge is 2.27. The van der Waals surface area contributed by atoms with Gasteiger partial charge >= 0.3 is 0 Å². The zero-order valence-corrected chi connectivity index (χ0v) is 17.7. The van der Waals surface area contributed by atoms with Gasteiger partial charge in [-0.25, -0.2) is 8.42 Å². The Hall–Kier alpha value is -2.22. The molecule has 0 radical (unpaired) electrons. The van der Waals surface area contributed by atoms with Gasteiger partial charge < -0.3 is 9.73 Å². The standard InChI is InChI=1S/C21H18ClNO4S2/c22-15-6-7-19-17(12-15)18(9-11-28-19)23-21(24)20-14(8-10-27-20)13-29(25,26)16-4-2-1-3-5-16/h1-8,10,12,18H,9,11,13H2,(H,23,24)/t18-/m1/s1. The average Bonchev–Trinajstić information content (AvgIpc) is 3.16. The number of fused-ring (bicyclic) bond motifs is 1. The summed E-state index contributed by atoms with van der Waals surface area (Å²) in [7, 11) is -3.59. The Balaban J connectivity index is 1.55. The van der Waals surface area contributed by atoms with E-state index in [0.717, 1.165) is 22.6 Å². The SMILES string of the molecule is O=C(N[C@@H]1CCSc2ccc(Cl)cc21)c1occc1CS(=O)(=O)c1ccccc1. The molecule has 3 aromatic rings. The second-order valence-corrected chi connectivity index (χ2v) is 10.3. The van der Waals surface area contributed by atoms with Crippen molar-refractivity contribution in [2.45, 2.75) is 28.0 Å². The van der Waals surface area contributed by atoms with E-state index in [-0.39, 0.29) is 22.5 Å². The van der Waals surface area contributed by atoms with Crippen molar-refractivity contribution in [2.24, 2.45) is 0 Å². The number of benzene rings is 2. The van der Waals surface area contributed by atoms with E-state index >= 15 is 0 Å². The molecular formula is C21H18ClNO4S2. The lowest BCUT2D eigenvalue weighted by atomic mass is 10.0. The van der Waals surface area contributed by atoms with E-state index in [9.17, 15) is 13.2 Å². The zero-order valence-electron chi connectivity index (χ0n) is 15.3. The zero-order chi connectivity index (χ0) is 20.4. The Bertz CT molecular complexity index is 1140. The Morgan fingerprint density at radius 3 is 2.76 bits per heavy atom. The Morgan fingerprint density at radius 1 is 1.17 bits per heavy atom. The highest BCUT2D eigenvalue weighted by atomic mass is 35.5. The highest BCUT2D eigenvalue weighted by molar-refractivity contribution is 7.99. The third kappa shape index (κ3) is 4.37. The molecular weight excluding hydrogens is 430 g/mol. The van der Waals surface area contributed by atoms with E-state index in [2.05, 4.69) is 5.32 Å². The first kappa shape index (κ1) is 20.1. The van der Waals surface area contributed by atoms with Crippen LogP contribution in [0, 0.1) is 0 Å². The second-order valence-electron chi connectivity index (χ2n) is 6.69. The Morgan fingerprint density at radius 2 is 1.97 bits per heavy atom. The molecule has 150 valence electrons. The van der Waals surface area contributed by atoms with Crippen molar-refractivity contribution in [1.82, 2.24) is 5.32 Å². The molecule has 8 heteroatoms. The number of thioether (sulfide) groups is 1. The van der Waals surface area contributed by atoms with Crippen molar-refractivity contribution in [3.05, 3.63) is 82.8 Å². The summed E-state index contributed by atoms with van der Waals surface area (Å²) in [6.45, 7) is 0. The van der Waals surface area contributed by atoms with Gasteiger partial charge in [0.05, 0.1) is 23.0 Å². The third-order valence-corrected chi connectivity index (χ3v) is 7.76. The van der Waals surface area contributed by atoms with E-state index in [0.29, 0.717) is 10.6 Å². The van der Waals surface area contributed by atoms with Crippen molar-refractivity contribution < 1.29 is 17.6 Å². The summed E-state index contributed by atoms with van der Waals surface area (Å²) in [5.41, 5.74) is 1.30. The number of rotatable bonds is 5. The van der Waals surface area contributed by atoms with Gasteiger partial charge in [-0.3, -0.25) is 4.79 Å². The molecule has 2 heterocycles. The molecule has 1 amide bonds. The fourth-order valence-corrected chi connectivity index (χ4v) is 5.96. The predicted octanol–water partition coefficient (Wildman–Crippen LogP) is 4.87. The molecule has 5 nitrogen and oxygen atoms in total. The number of hydrogen-bond donors (Lipinski definition) is 1. The summed E-state index contributed by atoms with van der Waals surface area (Å²) in [6.07, 6.45) is 2.09. The van der Waals surface area contributed by atoms with Crippen molar-refractivity contribution in [3.63, 3.8) is 0 Å². The quantitative estimate of drug-likeness (QED) is 0.603. The molecule has 1 aliphatic heterocycles. The largest absolute Gasteiger partial charge is 0.459 e. The number of nitrogens with one attached hydrogen (secondary N) is 1. The predicted molar refractivity (Wildman–Crippen MR) is 113 cm³/mol. The van der Waals surface area contributed by atoms with Crippen LogP contribution < -0.4 is 5.32 Å². The minimum atomic E-state index is -3.59. The molecule has 2 aromatic carbocycles. The van der Waals surface area contributed by atoms with E-state index in [1.165, 1.54) is 24.5 Å². The van der Waals surface area contributed by atoms with Gasteiger partial charge in [-0.2, -0.15) is 0 Å². The molecule has 4 rings (SSSR count). The van der Waals surface area contributed by atoms with Gasteiger partial charge in [0.2, 0.25) is 0 Å². The number of amides is 1. The Labute approximate surface area is 178 Å². The number of furan rings is 1. The van der Waals surface area contributed by atoms with Crippen molar-refractivity contribution in [2.75, 3.05) is 5.75 Å². The van der Waals surface area contributed by atoms with Crippen LogP contribution >= 0.6 is 23.4 Å². The lowest BCUT2D eigenvalue weighted by Crippen LogP contribution is -2.31. The number of halogens is 1. The summed E-state index contributed by atoms with van der Waals surface area (Å²) in [6, 6.07) is 15.1. The van der Waals surface area contributed by atoms with Gasteiger partial charge in [-0.05, 0) is 48.4 Å². The molecule has 0 aliphatic carbocycles. The monoisotopic (exact) mass is 447 g/mol. The maximum Gasteiger partial charge on any atom is 0.287 e. The first-order valence-electron chi connectivity index (χ1n) is 9.01. The molecule has 0 spiro atoms. The van der Waals surface area contributed by atoms with Crippen LogP contribution in [-0.2, 0) is 15.6 Å². The highest BCUT2D eigenvalue weighted by Crippen LogP contribution is 2.37. The lowest BCUT2D eigenvalue weighted by molar-refractivity contribution is 0.0906. The summed E-state index contributed by atoms with van der Waals surface area (Å²) in [5, 5.41) is 3.58. The molecule has 0 fully saturated rings. The molecule has 0 saturated carbocycles. The van der Waals surface area contributed by atoms with Crippen LogP contribution in [0.4, 0.5) is 0 Å². The molecule has 1 aliphatic rings. The normalized spacial score (nSPS) is 16.2. The van der Waals surface area contributed by atoms with Crippen LogP contribution in [0.15, 0.2) is 75.1 Å². The van der Waals surface area contributed by atoms with Crippen molar-refractivity contribution in [1.29, 1.82) is 0 Å². The number of hydrogen-bond acceptors (Lipinski definition) is 5. The average molecular weight is 448 g/mol. The molecule has 1 atom stereocenters. The smallest absolute Gasteiger partial charge is 0.287 e. The molecule has 0 bridgehead atoms. The fraction of sp³-hybridized carbons (Fsp3) is 0.190. The maximum atomic E-state index is 12.9. The third-order valence-electron chi connectivity index (χ3n) is 4.72. The first-order chi connectivity index (χ1) is 13.9. The van der Waals surface area contributed by atoms with Crippen LogP contribution in [0.3, 0.4) is 0 Å².